The lowest BCUT2D eigenvalue weighted by molar-refractivity contribution is -0.139. The minimum Gasteiger partial charge on any atom is -0.480 e. The molecule has 4 aromatic carbocycles. The number of aliphatic hydroxyl groups is 2. The highest BCUT2D eigenvalue weighted by molar-refractivity contribution is 5.97. The molecular formula is C55H59F4N7O11. The Morgan fingerprint density at radius 1 is 0.584 bits per heavy atom. The maximum Gasteiger partial charge on any atom is 0.330 e. The normalized spacial score (nSPS) is 12.4. The molecule has 408 valence electrons. The second kappa shape index (κ2) is 23.3. The van der Waals surface area contributed by atoms with E-state index in [2.05, 4.69) is 10.6 Å². The minimum absolute atomic E-state index is 0.107. The van der Waals surface area contributed by atoms with Crippen molar-refractivity contribution < 1.29 is 52.1 Å². The molecule has 0 fully saturated rings. The number of aliphatic hydroxyl groups excluding tert-OH is 1. The third-order valence-corrected chi connectivity index (χ3v) is 13.4. The van der Waals surface area contributed by atoms with Crippen LogP contribution in [0, 0.1) is 42.5 Å². The number of hydrogen-bond acceptors (Lipinski definition) is 10. The molecular weight excluding hydrogens is 1010 g/mol. The Bertz CT molecular complexity index is 3500. The molecule has 6 aromatic rings. The van der Waals surface area contributed by atoms with Crippen LogP contribution < -0.4 is 33.1 Å². The lowest BCUT2D eigenvalue weighted by Gasteiger charge is -2.26. The number of carbonyl (C=O) groups is 4. The topological polar surface area (TPSA) is 244 Å². The number of aromatic nitrogens is 4. The standard InChI is InChI=1S/C55H59F4N7O11/c1-28-43(49(70)64(8)53(76)62(28)6)34-14-10-30(11-15-34)24-40(51(72)73)60-47(68)45-36(56)20-32(21-37(45)57)26-66(42(67)18-19-55(3,4)5)27-33-22-38(58)46(39(59)23-33)48(69)61-41(52(74)75)25-31-12-16-35(17-13-31)44-29(2)63(7)54(77)65(9)50(44)71/h10-17,20-23,40-41,51,72-73H,18-19,24-27H2,1-9H3,(H,60,68)(H,61,69)(H,74,75)/t40-,41-/m0/s1. The zero-order valence-corrected chi connectivity index (χ0v) is 43.8. The number of carbonyl (C=O) groups excluding carboxylic acids is 3. The predicted octanol–water partition coefficient (Wildman–Crippen LogP) is 4.42. The van der Waals surface area contributed by atoms with E-state index in [-0.39, 0.29) is 46.9 Å². The van der Waals surface area contributed by atoms with E-state index in [0.717, 1.165) is 38.3 Å². The first-order valence-electron chi connectivity index (χ1n) is 24.2. The second-order valence-electron chi connectivity index (χ2n) is 20.2. The van der Waals surface area contributed by atoms with Crippen LogP contribution in [-0.2, 0) is 63.7 Å². The number of hydrogen-bond donors (Lipinski definition) is 5. The van der Waals surface area contributed by atoms with E-state index >= 15 is 17.6 Å². The van der Waals surface area contributed by atoms with E-state index in [1.54, 1.807) is 26.0 Å². The molecule has 3 amide bonds. The summed E-state index contributed by atoms with van der Waals surface area (Å²) in [6.45, 7) is 7.70. The van der Waals surface area contributed by atoms with Gasteiger partial charge in [0.05, 0.1) is 17.2 Å². The number of amides is 3. The van der Waals surface area contributed by atoms with Crippen molar-refractivity contribution in [2.45, 2.75) is 91.8 Å². The lowest BCUT2D eigenvalue weighted by atomic mass is 9.90. The highest BCUT2D eigenvalue weighted by Gasteiger charge is 2.29. The number of benzene rings is 4. The summed E-state index contributed by atoms with van der Waals surface area (Å²) in [5, 5.41) is 34.8. The lowest BCUT2D eigenvalue weighted by Crippen LogP contribution is -2.45. The molecule has 2 atom stereocenters. The summed E-state index contributed by atoms with van der Waals surface area (Å²) in [4.78, 5) is 104. The van der Waals surface area contributed by atoms with Gasteiger partial charge in [-0.25, -0.2) is 31.9 Å². The number of halogens is 4. The number of rotatable bonds is 18. The fraction of sp³-hybridized carbons (Fsp3) is 0.345. The fourth-order valence-corrected chi connectivity index (χ4v) is 8.74. The van der Waals surface area contributed by atoms with Crippen molar-refractivity contribution in [2.24, 2.45) is 33.6 Å². The van der Waals surface area contributed by atoms with E-state index in [9.17, 15) is 53.7 Å². The highest BCUT2D eigenvalue weighted by atomic mass is 19.1. The summed E-state index contributed by atoms with van der Waals surface area (Å²) in [7, 11) is 5.68. The third-order valence-electron chi connectivity index (χ3n) is 13.4. The molecule has 5 N–H and O–H groups in total. The molecule has 18 nitrogen and oxygen atoms in total. The molecule has 2 aromatic heterocycles. The average molecular weight is 1070 g/mol. The molecule has 22 heteroatoms. The van der Waals surface area contributed by atoms with Gasteiger partial charge in [-0.05, 0) is 89.8 Å². The number of aliphatic carboxylic acids is 1. The van der Waals surface area contributed by atoms with Gasteiger partial charge in [0.2, 0.25) is 5.91 Å². The van der Waals surface area contributed by atoms with Crippen LogP contribution in [0.25, 0.3) is 22.3 Å². The van der Waals surface area contributed by atoms with Crippen molar-refractivity contribution in [3.05, 3.63) is 183 Å². The molecule has 0 aliphatic carbocycles. The van der Waals surface area contributed by atoms with E-state index < -0.39 is 112 Å². The second-order valence-corrected chi connectivity index (χ2v) is 20.2. The molecule has 0 unspecified atom stereocenters. The van der Waals surface area contributed by atoms with Gasteiger partial charge in [-0.1, -0.05) is 69.3 Å². The largest absolute Gasteiger partial charge is 0.480 e. The summed E-state index contributed by atoms with van der Waals surface area (Å²) < 4.78 is 67.8. The summed E-state index contributed by atoms with van der Waals surface area (Å²) in [5.41, 5.74) is -2.15. The van der Waals surface area contributed by atoms with Crippen LogP contribution in [0.4, 0.5) is 17.6 Å². The van der Waals surface area contributed by atoms with Crippen LogP contribution in [0.1, 0.15) is 88.0 Å². The Hall–Kier alpha value is -8.24. The Morgan fingerprint density at radius 2 is 0.961 bits per heavy atom. The van der Waals surface area contributed by atoms with E-state index in [1.165, 1.54) is 73.7 Å². The summed E-state index contributed by atoms with van der Waals surface area (Å²) >= 11 is 0. The van der Waals surface area contributed by atoms with Gasteiger partial charge in [-0.3, -0.25) is 33.1 Å². The van der Waals surface area contributed by atoms with Gasteiger partial charge in [-0.2, -0.15) is 0 Å². The van der Waals surface area contributed by atoms with E-state index in [0.29, 0.717) is 40.1 Å². The third kappa shape index (κ3) is 13.1. The SMILES string of the molecule is Cc1c(-c2ccc(C[C@H](NC(=O)c3c(F)cc(CN(Cc4cc(F)c(C(=O)N[C@@H](Cc5ccc(-c6c(C)n(C)c(=O)n(C)c6=O)cc5)C(O)O)c(F)c4)C(=O)CCC(C)(C)C)cc3F)C(=O)O)cc2)c(=O)n(C)c(=O)n1C. The summed E-state index contributed by atoms with van der Waals surface area (Å²) in [6.07, 6.45) is -2.59. The van der Waals surface area contributed by atoms with Gasteiger partial charge >= 0.3 is 17.3 Å². The molecule has 0 saturated heterocycles. The molecule has 0 aliphatic heterocycles. The zero-order chi connectivity index (χ0) is 57.1. The van der Waals surface area contributed by atoms with Crippen LogP contribution in [0.3, 0.4) is 0 Å². The van der Waals surface area contributed by atoms with E-state index in [1.807, 2.05) is 20.8 Å². The Morgan fingerprint density at radius 3 is 1.32 bits per heavy atom. The van der Waals surface area contributed by atoms with Gasteiger partial charge in [-0.15, -0.1) is 0 Å². The first kappa shape index (κ1) is 58.0. The number of carboxylic acid groups (broad SMARTS) is 1. The van der Waals surface area contributed by atoms with Crippen molar-refractivity contribution >= 4 is 23.7 Å². The van der Waals surface area contributed by atoms with Crippen LogP contribution in [0.5, 0.6) is 0 Å². The first-order valence-corrected chi connectivity index (χ1v) is 24.2. The summed E-state index contributed by atoms with van der Waals surface area (Å²) in [5.74, 6) is -10.5. The molecule has 0 radical (unpaired) electrons. The van der Waals surface area contributed by atoms with Crippen LogP contribution in [-0.4, -0.2) is 80.6 Å². The van der Waals surface area contributed by atoms with Crippen LogP contribution >= 0.6 is 0 Å². The molecule has 6 rings (SSSR count). The molecule has 0 bridgehead atoms. The quantitative estimate of drug-likeness (QED) is 0.0596. The Balaban J connectivity index is 1.17. The monoisotopic (exact) mass is 1070 g/mol. The first-order chi connectivity index (χ1) is 36.0. The van der Waals surface area contributed by atoms with Gasteiger partial charge in [0.25, 0.3) is 22.9 Å². The zero-order valence-electron chi connectivity index (χ0n) is 43.8. The maximum atomic E-state index is 15.8. The average Bonchev–Trinajstić information content (AvgIpc) is 3.35. The fourth-order valence-electron chi connectivity index (χ4n) is 8.74. The van der Waals surface area contributed by atoms with Gasteiger partial charge in [0, 0.05) is 65.5 Å². The number of nitrogens with zero attached hydrogens (tertiary/aromatic N) is 5. The van der Waals surface area contributed by atoms with Crippen molar-refractivity contribution in [3.8, 4) is 22.3 Å². The predicted molar refractivity (Wildman–Crippen MR) is 276 cm³/mol. The van der Waals surface area contributed by atoms with Crippen LogP contribution in [0.15, 0.2) is 92.0 Å². The number of carboxylic acids is 1. The maximum absolute atomic E-state index is 15.8. The molecule has 0 spiro atoms. The van der Waals surface area contributed by atoms with Crippen molar-refractivity contribution in [1.29, 1.82) is 0 Å². The Kier molecular flexibility index (Phi) is 17.6. The smallest absolute Gasteiger partial charge is 0.330 e. The van der Waals surface area contributed by atoms with Crippen molar-refractivity contribution in [2.75, 3.05) is 0 Å². The van der Waals surface area contributed by atoms with Crippen molar-refractivity contribution in [3.63, 3.8) is 0 Å². The molecule has 2 heterocycles. The van der Waals surface area contributed by atoms with Crippen molar-refractivity contribution in [1.82, 2.24) is 33.8 Å². The molecule has 77 heavy (non-hydrogen) atoms. The van der Waals surface area contributed by atoms with E-state index in [4.69, 9.17) is 0 Å². The van der Waals surface area contributed by atoms with Gasteiger partial charge in [0.15, 0.2) is 6.29 Å². The molecule has 0 aliphatic rings. The highest BCUT2D eigenvalue weighted by Crippen LogP contribution is 2.26. The Labute approximate surface area is 438 Å². The number of nitrogens with one attached hydrogen (secondary N) is 2. The molecule has 0 saturated carbocycles. The summed E-state index contributed by atoms with van der Waals surface area (Å²) in [6, 6.07) is 12.1. The van der Waals surface area contributed by atoms with Gasteiger partial charge < -0.3 is 40.0 Å². The minimum atomic E-state index is -2.21. The van der Waals surface area contributed by atoms with Gasteiger partial charge in [0.1, 0.15) is 40.4 Å². The van der Waals surface area contributed by atoms with Crippen LogP contribution in [0.2, 0.25) is 0 Å².